The molecule has 2 aromatic rings. The molecular weight excluding hydrogens is 292 g/mol. The Kier molecular flexibility index (Phi) is 3.84. The van der Waals surface area contributed by atoms with Crippen LogP contribution in [-0.2, 0) is 6.54 Å². The van der Waals surface area contributed by atoms with Crippen LogP contribution < -0.4 is 5.32 Å². The van der Waals surface area contributed by atoms with E-state index < -0.39 is 0 Å². The lowest BCUT2D eigenvalue weighted by atomic mass is 10.2. The van der Waals surface area contributed by atoms with E-state index >= 15 is 0 Å². The van der Waals surface area contributed by atoms with Crippen molar-refractivity contribution in [2.24, 2.45) is 0 Å². The van der Waals surface area contributed by atoms with Crippen molar-refractivity contribution in [1.82, 2.24) is 24.1 Å². The Hall–Kier alpha value is -1.28. The van der Waals surface area contributed by atoms with Crippen LogP contribution in [0.15, 0.2) is 0 Å². The molecule has 0 aromatic carbocycles. The molecule has 20 heavy (non-hydrogen) atoms. The van der Waals surface area contributed by atoms with E-state index in [1.165, 1.54) is 24.4 Å². The van der Waals surface area contributed by atoms with Gasteiger partial charge in [-0.15, -0.1) is 0 Å². The minimum Gasteiger partial charge on any atom is -0.358 e. The second-order valence-corrected chi connectivity index (χ2v) is 6.49. The molecule has 0 atom stereocenters. The van der Waals surface area contributed by atoms with Crippen LogP contribution >= 0.6 is 23.8 Å². The smallest absolute Gasteiger partial charge is 0.202 e. The van der Waals surface area contributed by atoms with E-state index in [1.807, 2.05) is 0 Å². The van der Waals surface area contributed by atoms with Crippen LogP contribution in [0.4, 0.5) is 5.13 Å². The van der Waals surface area contributed by atoms with Crippen LogP contribution in [0.5, 0.6) is 0 Å². The van der Waals surface area contributed by atoms with Gasteiger partial charge in [0.15, 0.2) is 4.77 Å². The Morgan fingerprint density at radius 2 is 2.30 bits per heavy atom. The molecule has 3 rings (SSSR count). The van der Waals surface area contributed by atoms with Crippen molar-refractivity contribution >= 4 is 28.9 Å². The van der Waals surface area contributed by atoms with Gasteiger partial charge < -0.3 is 9.88 Å². The van der Waals surface area contributed by atoms with Gasteiger partial charge in [-0.3, -0.25) is 5.10 Å². The van der Waals surface area contributed by atoms with Crippen LogP contribution in [0.25, 0.3) is 0 Å². The molecule has 1 aliphatic carbocycles. The van der Waals surface area contributed by atoms with Crippen molar-refractivity contribution in [3.05, 3.63) is 16.4 Å². The number of hydrogen-bond acceptors (Lipinski definition) is 6. The van der Waals surface area contributed by atoms with Gasteiger partial charge in [0.05, 0.1) is 0 Å². The molecule has 0 bridgehead atoms. The molecule has 1 fully saturated rings. The second kappa shape index (κ2) is 5.61. The molecule has 108 valence electrons. The molecule has 0 radical (unpaired) electrons. The molecule has 8 heteroatoms. The summed E-state index contributed by atoms with van der Waals surface area (Å²) in [5.41, 5.74) is 0. The van der Waals surface area contributed by atoms with Crippen molar-refractivity contribution in [3.8, 4) is 0 Å². The fourth-order valence-electron chi connectivity index (χ4n) is 2.01. The highest BCUT2D eigenvalue weighted by Crippen LogP contribution is 2.38. The summed E-state index contributed by atoms with van der Waals surface area (Å²) in [4.78, 5) is 4.46. The largest absolute Gasteiger partial charge is 0.358 e. The highest BCUT2D eigenvalue weighted by atomic mass is 32.1. The SMILES string of the molecule is CC(C)c1nsc(NCCn2c(C3CC3)n[nH]c2=S)n1. The first-order valence-electron chi connectivity index (χ1n) is 6.87. The summed E-state index contributed by atoms with van der Waals surface area (Å²) in [6.07, 6.45) is 2.45. The number of nitrogens with one attached hydrogen (secondary N) is 2. The van der Waals surface area contributed by atoms with Crippen LogP contribution in [0.3, 0.4) is 0 Å². The van der Waals surface area contributed by atoms with Gasteiger partial charge in [-0.05, 0) is 25.1 Å². The maximum absolute atomic E-state index is 5.28. The predicted molar refractivity (Wildman–Crippen MR) is 81.9 cm³/mol. The van der Waals surface area contributed by atoms with Crippen LogP contribution in [-0.4, -0.2) is 30.7 Å². The summed E-state index contributed by atoms with van der Waals surface area (Å²) in [6, 6.07) is 0. The lowest BCUT2D eigenvalue weighted by Gasteiger charge is -2.06. The minimum atomic E-state index is 0.366. The first-order valence-corrected chi connectivity index (χ1v) is 8.06. The Balaban J connectivity index is 1.59. The molecular formula is C12H18N6S2. The van der Waals surface area contributed by atoms with Crippen LogP contribution in [0, 0.1) is 4.77 Å². The Bertz CT molecular complexity index is 636. The van der Waals surface area contributed by atoms with Crippen LogP contribution in [0.2, 0.25) is 0 Å². The van der Waals surface area contributed by atoms with E-state index in [0.717, 1.165) is 29.9 Å². The van der Waals surface area contributed by atoms with E-state index in [0.29, 0.717) is 16.6 Å². The number of nitrogens with zero attached hydrogens (tertiary/aromatic N) is 4. The summed E-state index contributed by atoms with van der Waals surface area (Å²) in [5.74, 6) is 2.95. The number of aromatic nitrogens is 5. The maximum atomic E-state index is 5.28. The van der Waals surface area contributed by atoms with Gasteiger partial charge in [0, 0.05) is 36.5 Å². The average molecular weight is 310 g/mol. The van der Waals surface area contributed by atoms with E-state index in [1.54, 1.807) is 0 Å². The summed E-state index contributed by atoms with van der Waals surface area (Å²) < 4.78 is 7.12. The zero-order valence-corrected chi connectivity index (χ0v) is 13.2. The Morgan fingerprint density at radius 1 is 1.50 bits per heavy atom. The third-order valence-corrected chi connectivity index (χ3v) is 4.30. The summed E-state index contributed by atoms with van der Waals surface area (Å²) in [5, 5.41) is 11.4. The fraction of sp³-hybridized carbons (Fsp3) is 0.667. The third kappa shape index (κ3) is 2.90. The number of rotatable bonds is 6. The molecule has 0 saturated heterocycles. The monoisotopic (exact) mass is 310 g/mol. The zero-order valence-electron chi connectivity index (χ0n) is 11.6. The molecule has 2 heterocycles. The summed E-state index contributed by atoms with van der Waals surface area (Å²) in [6.45, 7) is 5.77. The van der Waals surface area contributed by atoms with E-state index in [4.69, 9.17) is 12.2 Å². The maximum Gasteiger partial charge on any atom is 0.202 e. The first-order chi connectivity index (χ1) is 9.65. The van der Waals surface area contributed by atoms with Gasteiger partial charge in [0.25, 0.3) is 0 Å². The number of aromatic amines is 1. The second-order valence-electron chi connectivity index (χ2n) is 5.35. The van der Waals surface area contributed by atoms with E-state index in [2.05, 4.69) is 43.3 Å². The molecule has 1 aliphatic rings. The summed E-state index contributed by atoms with van der Waals surface area (Å²) in [7, 11) is 0. The Labute approximate surface area is 126 Å². The Morgan fingerprint density at radius 3 is 2.95 bits per heavy atom. The molecule has 2 N–H and O–H groups in total. The lowest BCUT2D eigenvalue weighted by Crippen LogP contribution is -2.12. The summed E-state index contributed by atoms with van der Waals surface area (Å²) >= 11 is 6.69. The molecule has 1 saturated carbocycles. The van der Waals surface area contributed by atoms with Crippen molar-refractivity contribution in [1.29, 1.82) is 0 Å². The quantitative estimate of drug-likeness (QED) is 0.803. The molecule has 0 aliphatic heterocycles. The van der Waals surface area contributed by atoms with Gasteiger partial charge in [-0.1, -0.05) is 13.8 Å². The predicted octanol–water partition coefficient (Wildman–Crippen LogP) is 2.91. The lowest BCUT2D eigenvalue weighted by molar-refractivity contribution is 0.669. The van der Waals surface area contributed by atoms with Crippen molar-refractivity contribution in [3.63, 3.8) is 0 Å². The number of H-pyrrole nitrogens is 1. The molecule has 6 nitrogen and oxygen atoms in total. The van der Waals surface area contributed by atoms with Gasteiger partial charge in [0.2, 0.25) is 5.13 Å². The zero-order chi connectivity index (χ0) is 14.1. The van der Waals surface area contributed by atoms with Crippen molar-refractivity contribution < 1.29 is 0 Å². The van der Waals surface area contributed by atoms with E-state index in [9.17, 15) is 0 Å². The van der Waals surface area contributed by atoms with Gasteiger partial charge >= 0.3 is 0 Å². The average Bonchev–Trinajstić information content (AvgIpc) is 3.03. The normalized spacial score (nSPS) is 14.9. The molecule has 2 aromatic heterocycles. The van der Waals surface area contributed by atoms with Gasteiger partial charge in [0.1, 0.15) is 11.6 Å². The first kappa shape index (κ1) is 13.7. The molecule has 0 amide bonds. The topological polar surface area (TPSA) is 71.4 Å². The van der Waals surface area contributed by atoms with Crippen molar-refractivity contribution in [2.45, 2.75) is 45.1 Å². The van der Waals surface area contributed by atoms with Crippen LogP contribution in [0.1, 0.15) is 50.2 Å². The third-order valence-electron chi connectivity index (χ3n) is 3.30. The van der Waals surface area contributed by atoms with E-state index in [-0.39, 0.29) is 0 Å². The van der Waals surface area contributed by atoms with Gasteiger partial charge in [-0.25, -0.2) is 4.98 Å². The molecule has 0 unspecified atom stereocenters. The number of hydrogen-bond donors (Lipinski definition) is 2. The minimum absolute atomic E-state index is 0.366. The highest BCUT2D eigenvalue weighted by Gasteiger charge is 2.28. The fourth-order valence-corrected chi connectivity index (χ4v) is 2.98. The van der Waals surface area contributed by atoms with Gasteiger partial charge in [-0.2, -0.15) is 9.47 Å². The standard InChI is InChI=1S/C12H18N6S2/c1-7(2)9-14-11(20-17-9)13-5-6-18-10(8-3-4-8)15-16-12(18)19/h7-8H,3-6H2,1-2H3,(H,16,19)(H,13,14,17). The van der Waals surface area contributed by atoms with Crippen molar-refractivity contribution in [2.75, 3.05) is 11.9 Å². The molecule has 0 spiro atoms. The highest BCUT2D eigenvalue weighted by molar-refractivity contribution is 7.71. The number of anilines is 1.